The summed E-state index contributed by atoms with van der Waals surface area (Å²) in [5, 5.41) is 5.38. The molecule has 0 unspecified atom stereocenters. The molecule has 0 bridgehead atoms. The van der Waals surface area contributed by atoms with Gasteiger partial charge in [0, 0.05) is 5.41 Å². The van der Waals surface area contributed by atoms with E-state index in [2.05, 4.69) is 224 Å². The third kappa shape index (κ3) is 6.18. The smallest absolute Gasteiger partial charge is 0.0159 e. The molecule has 9 aromatic carbocycles. The number of rotatable bonds is 5. The third-order valence-corrected chi connectivity index (χ3v) is 14.9. The lowest BCUT2D eigenvalue weighted by molar-refractivity contribution is 0.498. The number of hydrogen-bond donors (Lipinski definition) is 0. The minimum atomic E-state index is -0.126. The van der Waals surface area contributed by atoms with Crippen molar-refractivity contribution < 1.29 is 0 Å². The third-order valence-electron chi connectivity index (χ3n) is 14.9. The van der Waals surface area contributed by atoms with Crippen LogP contribution in [0.1, 0.15) is 74.4 Å². The Hall–Kier alpha value is -7.02. The second-order valence-electron chi connectivity index (χ2n) is 20.1. The van der Waals surface area contributed by atoms with E-state index in [-0.39, 0.29) is 10.8 Å². The SMILES string of the molecule is Cc1cc(-c2ccc3c(c2)C(C)(C)c2cc(-c4ccc(-c5ccc(-c6ccc7ccccc7c6)cc5)cc4)ccc2-3)ccc1-c1ccc2c3c4c(ccc13)C=C(C(C)(C)C)CC4=CC2. The van der Waals surface area contributed by atoms with Gasteiger partial charge in [-0.25, -0.2) is 0 Å². The van der Waals surface area contributed by atoms with E-state index >= 15 is 0 Å². The molecule has 64 heavy (non-hydrogen) atoms. The highest BCUT2D eigenvalue weighted by Gasteiger charge is 2.36. The van der Waals surface area contributed by atoms with Crippen LogP contribution in [-0.4, -0.2) is 0 Å². The second-order valence-corrected chi connectivity index (χ2v) is 20.1. The molecule has 0 nitrogen and oxygen atoms in total. The number of aryl methyl sites for hydroxylation is 1. The standard InChI is InChI=1S/C64H52/c1-39-33-47(24-28-54(39)55-29-23-45-20-22-51-35-53(63(2,3)4)36-52-27-32-58(55)62(45)61(51)52)50-26-31-57-56-30-25-49(37-59(56)64(5,6)60(57)38-50)44-17-13-42(14-18-44)41-11-15-43(16-12-41)48-21-19-40-9-7-8-10-46(40)34-48/h7-19,21-34,36-38H,20,35H2,1-6H3. The van der Waals surface area contributed by atoms with Crippen molar-refractivity contribution in [2.75, 3.05) is 0 Å². The van der Waals surface area contributed by atoms with Crippen molar-refractivity contribution in [1.82, 2.24) is 0 Å². The lowest BCUT2D eigenvalue weighted by Crippen LogP contribution is -2.15. The minimum Gasteiger partial charge on any atom is -0.0759 e. The Bertz CT molecular complexity index is 3470. The molecule has 308 valence electrons. The second kappa shape index (κ2) is 14.2. The molecule has 0 amide bonds. The molecular formula is C64H52. The average molecular weight is 821 g/mol. The maximum Gasteiger partial charge on any atom is 0.0159 e. The summed E-state index contributed by atoms with van der Waals surface area (Å²) in [7, 11) is 0. The fraction of sp³-hybridized carbons (Fsp3) is 0.156. The van der Waals surface area contributed by atoms with Gasteiger partial charge >= 0.3 is 0 Å². The van der Waals surface area contributed by atoms with Gasteiger partial charge in [-0.3, -0.25) is 0 Å². The molecule has 0 saturated heterocycles. The van der Waals surface area contributed by atoms with Gasteiger partial charge in [0.1, 0.15) is 0 Å². The van der Waals surface area contributed by atoms with Crippen molar-refractivity contribution >= 4 is 33.2 Å². The van der Waals surface area contributed by atoms with Gasteiger partial charge in [-0.15, -0.1) is 0 Å². The molecule has 0 N–H and O–H groups in total. The quantitative estimate of drug-likeness (QED) is 0.162. The summed E-state index contributed by atoms with van der Waals surface area (Å²) in [5.41, 5.74) is 26.8. The first-order valence-electron chi connectivity index (χ1n) is 23.1. The fourth-order valence-electron chi connectivity index (χ4n) is 11.1. The summed E-state index contributed by atoms with van der Waals surface area (Å²) >= 11 is 0. The van der Waals surface area contributed by atoms with Crippen molar-refractivity contribution in [3.63, 3.8) is 0 Å². The summed E-state index contributed by atoms with van der Waals surface area (Å²) in [6.45, 7) is 14.1. The summed E-state index contributed by atoms with van der Waals surface area (Å²) in [6.07, 6.45) is 7.02. The molecule has 0 heterocycles. The molecule has 3 aliphatic rings. The molecule has 3 aliphatic carbocycles. The van der Waals surface area contributed by atoms with Gasteiger partial charge in [0.25, 0.3) is 0 Å². The summed E-state index contributed by atoms with van der Waals surface area (Å²) in [4.78, 5) is 0. The van der Waals surface area contributed by atoms with Gasteiger partial charge in [-0.05, 0) is 171 Å². The molecule has 0 spiro atoms. The fourth-order valence-corrected chi connectivity index (χ4v) is 11.1. The largest absolute Gasteiger partial charge is 0.0759 e. The number of allylic oxidation sites excluding steroid dienone is 3. The molecule has 0 heteroatoms. The van der Waals surface area contributed by atoms with Crippen molar-refractivity contribution in [1.29, 1.82) is 0 Å². The zero-order chi connectivity index (χ0) is 43.5. The van der Waals surface area contributed by atoms with E-state index in [0.29, 0.717) is 0 Å². The highest BCUT2D eigenvalue weighted by molar-refractivity contribution is 6.09. The maximum atomic E-state index is 2.49. The van der Waals surface area contributed by atoms with Gasteiger partial charge in [-0.1, -0.05) is 204 Å². The van der Waals surface area contributed by atoms with E-state index in [1.807, 2.05) is 0 Å². The lowest BCUT2D eigenvalue weighted by Gasteiger charge is -2.32. The van der Waals surface area contributed by atoms with Crippen LogP contribution >= 0.6 is 0 Å². The van der Waals surface area contributed by atoms with Crippen LogP contribution in [0.15, 0.2) is 182 Å². The topological polar surface area (TPSA) is 0 Å². The Kier molecular flexibility index (Phi) is 8.60. The van der Waals surface area contributed by atoms with Crippen LogP contribution in [0, 0.1) is 12.3 Å². The zero-order valence-electron chi connectivity index (χ0n) is 37.7. The Morgan fingerprint density at radius 2 is 0.984 bits per heavy atom. The lowest BCUT2D eigenvalue weighted by atomic mass is 9.72. The molecule has 0 aromatic heterocycles. The highest BCUT2D eigenvalue weighted by atomic mass is 14.4. The first kappa shape index (κ1) is 38.6. The monoisotopic (exact) mass is 820 g/mol. The number of benzene rings is 9. The predicted molar refractivity (Wildman–Crippen MR) is 275 cm³/mol. The van der Waals surface area contributed by atoms with Crippen LogP contribution < -0.4 is 0 Å². The van der Waals surface area contributed by atoms with Crippen LogP contribution in [0.2, 0.25) is 0 Å². The maximum absolute atomic E-state index is 2.49. The normalized spacial score (nSPS) is 14.6. The highest BCUT2D eigenvalue weighted by Crippen LogP contribution is 2.52. The van der Waals surface area contributed by atoms with Crippen LogP contribution in [0.3, 0.4) is 0 Å². The molecule has 0 saturated carbocycles. The molecular weight excluding hydrogens is 769 g/mol. The molecule has 0 fully saturated rings. The van der Waals surface area contributed by atoms with Crippen LogP contribution in [0.4, 0.5) is 0 Å². The first-order chi connectivity index (χ1) is 31.0. The van der Waals surface area contributed by atoms with E-state index in [0.717, 1.165) is 12.8 Å². The molecule has 0 radical (unpaired) electrons. The molecule has 9 aromatic rings. The summed E-state index contributed by atoms with van der Waals surface area (Å²) in [5.74, 6) is 0. The molecule has 0 aliphatic heterocycles. The first-order valence-corrected chi connectivity index (χ1v) is 23.1. The van der Waals surface area contributed by atoms with Gasteiger partial charge in [0.05, 0.1) is 0 Å². The van der Waals surface area contributed by atoms with Gasteiger partial charge < -0.3 is 0 Å². The van der Waals surface area contributed by atoms with E-state index in [1.165, 1.54) is 133 Å². The van der Waals surface area contributed by atoms with Gasteiger partial charge in [-0.2, -0.15) is 0 Å². The average Bonchev–Trinajstić information content (AvgIpc) is 3.54. The van der Waals surface area contributed by atoms with Crippen LogP contribution in [-0.2, 0) is 11.8 Å². The van der Waals surface area contributed by atoms with E-state index in [4.69, 9.17) is 0 Å². The Morgan fingerprint density at radius 3 is 1.61 bits per heavy atom. The molecule has 12 rings (SSSR count). The van der Waals surface area contributed by atoms with Gasteiger partial charge in [0.15, 0.2) is 0 Å². The van der Waals surface area contributed by atoms with Crippen molar-refractivity contribution in [3.05, 3.63) is 215 Å². The minimum absolute atomic E-state index is 0.126. The van der Waals surface area contributed by atoms with Crippen LogP contribution in [0.5, 0.6) is 0 Å². The Balaban J connectivity index is 0.809. The van der Waals surface area contributed by atoms with E-state index < -0.39 is 0 Å². The van der Waals surface area contributed by atoms with Crippen LogP contribution in [0.25, 0.3) is 100.0 Å². The predicted octanol–water partition coefficient (Wildman–Crippen LogP) is 17.7. The van der Waals surface area contributed by atoms with Gasteiger partial charge in [0.2, 0.25) is 0 Å². The number of hydrogen-bond acceptors (Lipinski definition) is 0. The van der Waals surface area contributed by atoms with Crippen molar-refractivity contribution in [2.45, 2.75) is 59.8 Å². The Morgan fingerprint density at radius 1 is 0.469 bits per heavy atom. The summed E-state index contributed by atoms with van der Waals surface area (Å²) < 4.78 is 0. The van der Waals surface area contributed by atoms with E-state index in [9.17, 15) is 0 Å². The zero-order valence-corrected chi connectivity index (χ0v) is 37.7. The number of fused-ring (bicyclic) bond motifs is 4. The van der Waals surface area contributed by atoms with Crippen molar-refractivity contribution in [3.8, 4) is 66.8 Å². The van der Waals surface area contributed by atoms with E-state index in [1.54, 1.807) is 0 Å². The Labute approximate surface area is 378 Å². The van der Waals surface area contributed by atoms with Crippen molar-refractivity contribution in [2.24, 2.45) is 5.41 Å². The summed E-state index contributed by atoms with van der Waals surface area (Å²) in [6, 6.07) is 64.2. The molecule has 0 atom stereocenters.